The predicted octanol–water partition coefficient (Wildman–Crippen LogP) is 6.41. The van der Waals surface area contributed by atoms with Gasteiger partial charge in [-0.2, -0.15) is 5.10 Å². The number of methoxy groups -OCH3 is 1. The van der Waals surface area contributed by atoms with Crippen molar-refractivity contribution >= 4 is 5.97 Å². The van der Waals surface area contributed by atoms with E-state index < -0.39 is 0 Å². The van der Waals surface area contributed by atoms with E-state index in [4.69, 9.17) is 15.9 Å². The van der Waals surface area contributed by atoms with Gasteiger partial charge in [0.1, 0.15) is 11.3 Å². The van der Waals surface area contributed by atoms with E-state index in [0.717, 1.165) is 34.7 Å². The van der Waals surface area contributed by atoms with Crippen LogP contribution in [0.4, 0.5) is 0 Å². The molecule has 2 aliphatic carbocycles. The van der Waals surface area contributed by atoms with E-state index in [1.54, 1.807) is 6.20 Å². The Kier molecular flexibility index (Phi) is 6.63. The summed E-state index contributed by atoms with van der Waals surface area (Å²) in [6.45, 7) is 2.20. The Labute approximate surface area is 207 Å². The van der Waals surface area contributed by atoms with E-state index in [2.05, 4.69) is 42.2 Å². The second-order valence-corrected chi connectivity index (χ2v) is 9.76. The van der Waals surface area contributed by atoms with Crippen LogP contribution in [0.15, 0.2) is 54.7 Å². The summed E-state index contributed by atoms with van der Waals surface area (Å²) in [5.74, 6) is 4.19. The summed E-state index contributed by atoms with van der Waals surface area (Å²) in [5, 5.41) is 4.55. The SMILES string of the molecule is C#C[C@H]1C[C@H]1c1c(C(=O)OC)cnn1-c1cccc(-c2cccc(OC(C)C3CCCCC3)c2)c1. The largest absolute Gasteiger partial charge is 0.490 e. The van der Waals surface area contributed by atoms with Crippen LogP contribution in [0.2, 0.25) is 0 Å². The van der Waals surface area contributed by atoms with Gasteiger partial charge < -0.3 is 9.47 Å². The Balaban J connectivity index is 1.42. The molecule has 1 heterocycles. The first-order chi connectivity index (χ1) is 17.1. The molecule has 1 unspecified atom stereocenters. The van der Waals surface area contributed by atoms with Crippen LogP contribution in [0, 0.1) is 24.2 Å². The van der Waals surface area contributed by atoms with Crippen molar-refractivity contribution in [1.29, 1.82) is 0 Å². The van der Waals surface area contributed by atoms with Gasteiger partial charge in [0, 0.05) is 11.8 Å². The Hall–Kier alpha value is -3.52. The second-order valence-electron chi connectivity index (χ2n) is 9.76. The number of carbonyl (C=O) groups is 1. The first-order valence-corrected chi connectivity index (χ1v) is 12.6. The number of hydrogen-bond acceptors (Lipinski definition) is 4. The maximum Gasteiger partial charge on any atom is 0.341 e. The lowest BCUT2D eigenvalue weighted by atomic mass is 9.86. The molecule has 5 nitrogen and oxygen atoms in total. The van der Waals surface area contributed by atoms with Gasteiger partial charge in [-0.3, -0.25) is 0 Å². The lowest BCUT2D eigenvalue weighted by Gasteiger charge is -2.28. The summed E-state index contributed by atoms with van der Waals surface area (Å²) >= 11 is 0. The van der Waals surface area contributed by atoms with E-state index in [1.165, 1.54) is 39.2 Å². The molecule has 5 rings (SSSR count). The minimum atomic E-state index is -0.387. The normalized spacial score (nSPS) is 20.6. The van der Waals surface area contributed by atoms with E-state index in [1.807, 2.05) is 28.9 Å². The fourth-order valence-electron chi connectivity index (χ4n) is 5.35. The molecule has 0 amide bonds. The smallest absolute Gasteiger partial charge is 0.341 e. The molecule has 0 bridgehead atoms. The van der Waals surface area contributed by atoms with Gasteiger partial charge in [-0.15, -0.1) is 12.3 Å². The molecule has 5 heteroatoms. The second kappa shape index (κ2) is 10.00. The molecule has 0 aliphatic heterocycles. The zero-order chi connectivity index (χ0) is 24.4. The summed E-state index contributed by atoms with van der Waals surface area (Å²) < 4.78 is 13.2. The number of terminal acetylenes is 1. The summed E-state index contributed by atoms with van der Waals surface area (Å²) in [7, 11) is 1.39. The highest BCUT2D eigenvalue weighted by Crippen LogP contribution is 2.48. The van der Waals surface area contributed by atoms with Crippen LogP contribution in [0.25, 0.3) is 16.8 Å². The molecular formula is C30H32N2O3. The average Bonchev–Trinajstić information content (AvgIpc) is 3.56. The fourth-order valence-corrected chi connectivity index (χ4v) is 5.35. The van der Waals surface area contributed by atoms with Crippen LogP contribution in [-0.4, -0.2) is 29.0 Å². The van der Waals surface area contributed by atoms with Gasteiger partial charge in [-0.25, -0.2) is 9.48 Å². The molecule has 2 aliphatic rings. The van der Waals surface area contributed by atoms with Crippen LogP contribution in [0.1, 0.15) is 67.4 Å². The summed E-state index contributed by atoms with van der Waals surface area (Å²) in [5.41, 5.74) is 4.33. The van der Waals surface area contributed by atoms with Gasteiger partial charge >= 0.3 is 5.97 Å². The van der Waals surface area contributed by atoms with Crippen molar-refractivity contribution in [3.8, 4) is 34.9 Å². The van der Waals surface area contributed by atoms with Crippen molar-refractivity contribution in [1.82, 2.24) is 9.78 Å². The number of ether oxygens (including phenoxy) is 2. The highest BCUT2D eigenvalue weighted by molar-refractivity contribution is 5.91. The maximum absolute atomic E-state index is 12.4. The molecule has 0 spiro atoms. The quantitative estimate of drug-likeness (QED) is 0.297. The molecule has 3 atom stereocenters. The van der Waals surface area contributed by atoms with Gasteiger partial charge in [0.15, 0.2) is 0 Å². The van der Waals surface area contributed by atoms with Crippen molar-refractivity contribution in [3.63, 3.8) is 0 Å². The van der Waals surface area contributed by atoms with Gasteiger partial charge in [0.2, 0.25) is 0 Å². The number of aromatic nitrogens is 2. The number of nitrogens with zero attached hydrogens (tertiary/aromatic N) is 2. The van der Waals surface area contributed by atoms with Crippen LogP contribution < -0.4 is 4.74 Å². The van der Waals surface area contributed by atoms with Crippen LogP contribution in [-0.2, 0) is 4.74 Å². The van der Waals surface area contributed by atoms with Crippen molar-refractivity contribution in [3.05, 3.63) is 66.0 Å². The summed E-state index contributed by atoms with van der Waals surface area (Å²) in [6, 6.07) is 16.5. The molecule has 0 radical (unpaired) electrons. The van der Waals surface area contributed by atoms with Crippen LogP contribution in [0.5, 0.6) is 5.75 Å². The van der Waals surface area contributed by atoms with E-state index in [-0.39, 0.29) is 23.9 Å². The predicted molar refractivity (Wildman–Crippen MR) is 137 cm³/mol. The summed E-state index contributed by atoms with van der Waals surface area (Å²) in [6.07, 6.45) is 14.8. The minimum absolute atomic E-state index is 0.109. The third kappa shape index (κ3) is 4.84. The van der Waals surface area contributed by atoms with Crippen molar-refractivity contribution in [2.75, 3.05) is 7.11 Å². The van der Waals surface area contributed by atoms with Gasteiger partial charge in [0.05, 0.1) is 30.8 Å². The Bertz CT molecular complexity index is 1250. The first-order valence-electron chi connectivity index (χ1n) is 12.6. The third-order valence-electron chi connectivity index (χ3n) is 7.46. The van der Waals surface area contributed by atoms with Crippen molar-refractivity contribution in [2.24, 2.45) is 11.8 Å². The zero-order valence-electron chi connectivity index (χ0n) is 20.4. The van der Waals surface area contributed by atoms with Gasteiger partial charge in [0.25, 0.3) is 0 Å². The Morgan fingerprint density at radius 2 is 1.86 bits per heavy atom. The highest BCUT2D eigenvalue weighted by atomic mass is 16.5. The monoisotopic (exact) mass is 468 g/mol. The minimum Gasteiger partial charge on any atom is -0.490 e. The number of carbonyl (C=O) groups excluding carboxylic acids is 1. The maximum atomic E-state index is 12.4. The highest BCUT2D eigenvalue weighted by Gasteiger charge is 2.42. The lowest BCUT2D eigenvalue weighted by Crippen LogP contribution is -2.25. The van der Waals surface area contributed by atoms with E-state index in [9.17, 15) is 4.79 Å². The Morgan fingerprint density at radius 1 is 1.11 bits per heavy atom. The number of benzene rings is 2. The number of hydrogen-bond donors (Lipinski definition) is 0. The van der Waals surface area contributed by atoms with E-state index >= 15 is 0 Å². The fraction of sp³-hybridized carbons (Fsp3) is 0.400. The average molecular weight is 469 g/mol. The topological polar surface area (TPSA) is 53.3 Å². The van der Waals surface area contributed by atoms with Gasteiger partial charge in [-0.1, -0.05) is 43.5 Å². The lowest BCUT2D eigenvalue weighted by molar-refractivity contribution is 0.0599. The standard InChI is InChI=1S/C30H32N2O3/c1-4-21-18-27(21)29-28(30(33)34-3)19-31-32(29)25-14-8-12-23(16-25)24-13-9-15-26(17-24)35-20(2)22-10-6-5-7-11-22/h1,8-9,12-17,19-22,27H,5-7,10-11,18H2,2-3H3/t20?,21-,27+/m0/s1. The molecule has 1 aromatic heterocycles. The van der Waals surface area contributed by atoms with Gasteiger partial charge in [-0.05, 0) is 67.5 Å². The molecule has 2 saturated carbocycles. The zero-order valence-corrected chi connectivity index (χ0v) is 20.4. The molecule has 0 saturated heterocycles. The molecule has 2 aromatic carbocycles. The molecule has 2 fully saturated rings. The van der Waals surface area contributed by atoms with Crippen molar-refractivity contribution in [2.45, 2.75) is 57.5 Å². The molecule has 35 heavy (non-hydrogen) atoms. The van der Waals surface area contributed by atoms with Crippen LogP contribution in [0.3, 0.4) is 0 Å². The molecule has 180 valence electrons. The third-order valence-corrected chi connectivity index (χ3v) is 7.46. The van der Waals surface area contributed by atoms with Crippen molar-refractivity contribution < 1.29 is 14.3 Å². The molecule has 0 N–H and O–H groups in total. The molecule has 3 aromatic rings. The van der Waals surface area contributed by atoms with Crippen LogP contribution >= 0.6 is 0 Å². The number of rotatable bonds is 7. The van der Waals surface area contributed by atoms with E-state index in [0.29, 0.717) is 11.5 Å². The molecular weight excluding hydrogens is 436 g/mol. The summed E-state index contributed by atoms with van der Waals surface area (Å²) in [4.78, 5) is 12.4. The first kappa shape index (κ1) is 23.2. The Morgan fingerprint density at radius 3 is 2.57 bits per heavy atom. The number of esters is 1.